The molecule has 1 saturated carbocycles. The van der Waals surface area contributed by atoms with E-state index in [2.05, 4.69) is 15.6 Å². The van der Waals surface area contributed by atoms with E-state index in [-0.39, 0.29) is 18.6 Å². The summed E-state index contributed by atoms with van der Waals surface area (Å²) in [6.45, 7) is 2.90. The Morgan fingerprint density at radius 3 is 3.06 bits per heavy atom. The van der Waals surface area contributed by atoms with E-state index in [1.54, 1.807) is 6.20 Å². The first-order chi connectivity index (χ1) is 8.74. The molecule has 1 aliphatic rings. The molecule has 0 saturated heterocycles. The molecule has 1 amide bonds. The van der Waals surface area contributed by atoms with Gasteiger partial charge >= 0.3 is 0 Å². The van der Waals surface area contributed by atoms with Crippen LogP contribution in [0, 0.1) is 5.92 Å². The molecule has 0 aromatic carbocycles. The second kappa shape index (κ2) is 6.15. The quantitative estimate of drug-likeness (QED) is 0.700. The van der Waals surface area contributed by atoms with Gasteiger partial charge < -0.3 is 15.7 Å². The Hall–Kier alpha value is -1.14. The van der Waals surface area contributed by atoms with Crippen LogP contribution in [0.5, 0.6) is 0 Å². The van der Waals surface area contributed by atoms with E-state index in [0.29, 0.717) is 17.2 Å². The number of carbonyl (C=O) groups is 1. The monoisotopic (exact) mass is 269 g/mol. The summed E-state index contributed by atoms with van der Waals surface area (Å²) < 4.78 is 0. The molecule has 3 N–H and O–H groups in total. The molecule has 100 valence electrons. The number of nitrogens with zero attached hydrogens (tertiary/aromatic N) is 1. The van der Waals surface area contributed by atoms with Crippen LogP contribution in [-0.2, 0) is 0 Å². The average molecular weight is 269 g/mol. The number of carbonyl (C=O) groups excluding carboxylic acids is 1. The van der Waals surface area contributed by atoms with Crippen molar-refractivity contribution < 1.29 is 9.90 Å². The van der Waals surface area contributed by atoms with Crippen LogP contribution in [0.3, 0.4) is 0 Å². The van der Waals surface area contributed by atoms with Gasteiger partial charge in [0.05, 0.1) is 6.20 Å². The predicted molar refractivity (Wildman–Crippen MR) is 72.0 cm³/mol. The standard InChI is InChI=1S/C12H19N3O2S/c1-2-13-12-14-7-10(18-12)11(17)15-9(5-6-16)8-3-4-8/h7-9,16H,2-6H2,1H3,(H,13,14)(H,15,17). The molecule has 1 unspecified atom stereocenters. The molecule has 1 fully saturated rings. The zero-order valence-electron chi connectivity index (χ0n) is 10.5. The van der Waals surface area contributed by atoms with Gasteiger partial charge in [-0.3, -0.25) is 4.79 Å². The lowest BCUT2D eigenvalue weighted by atomic mass is 10.1. The van der Waals surface area contributed by atoms with E-state index >= 15 is 0 Å². The van der Waals surface area contributed by atoms with Crippen molar-refractivity contribution in [2.75, 3.05) is 18.5 Å². The minimum atomic E-state index is -0.0815. The Labute approximate surface area is 111 Å². The van der Waals surface area contributed by atoms with Gasteiger partial charge in [-0.25, -0.2) is 4.98 Å². The first-order valence-corrected chi connectivity index (χ1v) is 7.17. The first-order valence-electron chi connectivity index (χ1n) is 6.36. The molecule has 1 aliphatic carbocycles. The molecule has 0 radical (unpaired) electrons. The number of aliphatic hydroxyl groups is 1. The number of aliphatic hydroxyl groups excluding tert-OH is 1. The molecule has 5 nitrogen and oxygen atoms in total. The highest BCUT2D eigenvalue weighted by molar-refractivity contribution is 7.17. The minimum absolute atomic E-state index is 0.0815. The van der Waals surface area contributed by atoms with Crippen molar-refractivity contribution in [1.82, 2.24) is 10.3 Å². The number of thiazole rings is 1. The molecule has 2 rings (SSSR count). The summed E-state index contributed by atoms with van der Waals surface area (Å²) in [5.74, 6) is 0.462. The van der Waals surface area contributed by atoms with E-state index in [1.165, 1.54) is 11.3 Å². The Balaban J connectivity index is 1.92. The highest BCUT2D eigenvalue weighted by atomic mass is 32.1. The zero-order valence-corrected chi connectivity index (χ0v) is 11.3. The van der Waals surface area contributed by atoms with Gasteiger partial charge in [-0.15, -0.1) is 0 Å². The fourth-order valence-corrected chi connectivity index (χ4v) is 2.70. The largest absolute Gasteiger partial charge is 0.396 e. The van der Waals surface area contributed by atoms with Crippen molar-refractivity contribution in [3.63, 3.8) is 0 Å². The first kappa shape index (κ1) is 13.3. The third-order valence-electron chi connectivity index (χ3n) is 3.01. The third kappa shape index (κ3) is 3.43. The van der Waals surface area contributed by atoms with Crippen LogP contribution in [0.25, 0.3) is 0 Å². The summed E-state index contributed by atoms with van der Waals surface area (Å²) in [5.41, 5.74) is 0. The summed E-state index contributed by atoms with van der Waals surface area (Å²) >= 11 is 1.36. The van der Waals surface area contributed by atoms with E-state index in [1.807, 2.05) is 6.92 Å². The Kier molecular flexibility index (Phi) is 4.54. The number of hydrogen-bond donors (Lipinski definition) is 3. The van der Waals surface area contributed by atoms with Crippen LogP contribution >= 0.6 is 11.3 Å². The van der Waals surface area contributed by atoms with Gasteiger partial charge in [-0.05, 0) is 32.1 Å². The smallest absolute Gasteiger partial charge is 0.263 e. The van der Waals surface area contributed by atoms with E-state index in [9.17, 15) is 4.79 Å². The molecule has 0 aliphatic heterocycles. The third-order valence-corrected chi connectivity index (χ3v) is 3.96. The van der Waals surface area contributed by atoms with Crippen molar-refractivity contribution in [3.8, 4) is 0 Å². The maximum Gasteiger partial charge on any atom is 0.263 e. The fraction of sp³-hybridized carbons (Fsp3) is 0.667. The Morgan fingerprint density at radius 2 is 2.44 bits per heavy atom. The van der Waals surface area contributed by atoms with Gasteiger partial charge in [0.25, 0.3) is 5.91 Å². The number of hydrogen-bond acceptors (Lipinski definition) is 5. The lowest BCUT2D eigenvalue weighted by Crippen LogP contribution is -2.36. The van der Waals surface area contributed by atoms with Crippen molar-refractivity contribution >= 4 is 22.4 Å². The molecule has 1 heterocycles. The molecule has 0 bridgehead atoms. The second-order valence-electron chi connectivity index (χ2n) is 4.49. The Morgan fingerprint density at radius 1 is 1.67 bits per heavy atom. The number of amides is 1. The zero-order chi connectivity index (χ0) is 13.0. The normalized spacial score (nSPS) is 16.3. The second-order valence-corrected chi connectivity index (χ2v) is 5.52. The number of rotatable bonds is 7. The molecule has 18 heavy (non-hydrogen) atoms. The number of aromatic nitrogens is 1. The van der Waals surface area contributed by atoms with Crippen LogP contribution in [0.15, 0.2) is 6.20 Å². The van der Waals surface area contributed by atoms with Crippen LogP contribution in [0.4, 0.5) is 5.13 Å². The van der Waals surface area contributed by atoms with Gasteiger partial charge in [0.15, 0.2) is 5.13 Å². The predicted octanol–water partition coefficient (Wildman–Crippen LogP) is 1.47. The molecular weight excluding hydrogens is 250 g/mol. The maximum atomic E-state index is 12.0. The Bertz CT molecular complexity index is 404. The van der Waals surface area contributed by atoms with Gasteiger partial charge in [0.1, 0.15) is 4.88 Å². The summed E-state index contributed by atoms with van der Waals surface area (Å²) in [6.07, 6.45) is 4.53. The van der Waals surface area contributed by atoms with E-state index in [0.717, 1.165) is 24.5 Å². The van der Waals surface area contributed by atoms with E-state index < -0.39 is 0 Å². The van der Waals surface area contributed by atoms with Crippen molar-refractivity contribution in [2.45, 2.75) is 32.2 Å². The highest BCUT2D eigenvalue weighted by Gasteiger charge is 2.32. The highest BCUT2D eigenvalue weighted by Crippen LogP contribution is 2.34. The lowest BCUT2D eigenvalue weighted by molar-refractivity contribution is 0.0928. The lowest BCUT2D eigenvalue weighted by Gasteiger charge is -2.16. The SMILES string of the molecule is CCNc1ncc(C(=O)NC(CCO)C2CC2)s1. The summed E-state index contributed by atoms with van der Waals surface area (Å²) in [4.78, 5) is 16.8. The molecule has 6 heteroatoms. The van der Waals surface area contributed by atoms with E-state index in [4.69, 9.17) is 5.11 Å². The van der Waals surface area contributed by atoms with Crippen molar-refractivity contribution in [1.29, 1.82) is 0 Å². The number of anilines is 1. The van der Waals surface area contributed by atoms with Crippen LogP contribution in [0.1, 0.15) is 35.9 Å². The van der Waals surface area contributed by atoms with Gasteiger partial charge in [0.2, 0.25) is 0 Å². The average Bonchev–Trinajstić information content (AvgIpc) is 3.09. The molecule has 1 aromatic heterocycles. The van der Waals surface area contributed by atoms with Crippen LogP contribution < -0.4 is 10.6 Å². The molecule has 1 atom stereocenters. The van der Waals surface area contributed by atoms with Crippen molar-refractivity contribution in [3.05, 3.63) is 11.1 Å². The van der Waals surface area contributed by atoms with Gasteiger partial charge in [-0.1, -0.05) is 11.3 Å². The van der Waals surface area contributed by atoms with Gasteiger partial charge in [-0.2, -0.15) is 0 Å². The molecule has 1 aromatic rings. The summed E-state index contributed by atoms with van der Waals surface area (Å²) in [5, 5.41) is 15.9. The van der Waals surface area contributed by atoms with Crippen molar-refractivity contribution in [2.24, 2.45) is 5.92 Å². The van der Waals surface area contributed by atoms with Crippen LogP contribution in [-0.4, -0.2) is 35.2 Å². The van der Waals surface area contributed by atoms with Crippen LogP contribution in [0.2, 0.25) is 0 Å². The molecular formula is C12H19N3O2S. The van der Waals surface area contributed by atoms with Gasteiger partial charge in [0, 0.05) is 19.2 Å². The summed E-state index contributed by atoms with van der Waals surface area (Å²) in [7, 11) is 0. The molecule has 0 spiro atoms. The topological polar surface area (TPSA) is 74.2 Å². The fourth-order valence-electron chi connectivity index (χ4n) is 1.91. The minimum Gasteiger partial charge on any atom is -0.396 e. The number of nitrogens with one attached hydrogen (secondary N) is 2. The maximum absolute atomic E-state index is 12.0. The summed E-state index contributed by atoms with van der Waals surface area (Å²) in [6, 6.07) is 0.104.